The first kappa shape index (κ1) is 18.4. The second kappa shape index (κ2) is 6.88. The summed E-state index contributed by atoms with van der Waals surface area (Å²) in [6.45, 7) is 0. The first-order valence-corrected chi connectivity index (χ1v) is 10.9. The lowest BCUT2D eigenvalue weighted by Crippen LogP contribution is -2.09. The predicted molar refractivity (Wildman–Crippen MR) is 93.3 cm³/mol. The molecule has 128 valence electrons. The van der Waals surface area contributed by atoms with Gasteiger partial charge in [0, 0.05) is 30.5 Å². The monoisotopic (exact) mass is 387 g/mol. The minimum absolute atomic E-state index is 0.373. The van der Waals surface area contributed by atoms with Gasteiger partial charge in [-0.05, 0) is 48.5 Å². The van der Waals surface area contributed by atoms with Crippen molar-refractivity contribution in [2.45, 2.75) is 4.90 Å². The number of hydrogen-bond acceptors (Lipinski definition) is 7. The summed E-state index contributed by atoms with van der Waals surface area (Å²) in [5.74, 6) is 0. The summed E-state index contributed by atoms with van der Waals surface area (Å²) in [6.07, 6.45) is 0. The summed E-state index contributed by atoms with van der Waals surface area (Å²) in [6, 6.07) is 12.2. The van der Waals surface area contributed by atoms with Crippen LogP contribution in [0.5, 0.6) is 0 Å². The Morgan fingerprint density at radius 1 is 0.792 bits per heavy atom. The van der Waals surface area contributed by atoms with Crippen molar-refractivity contribution in [2.24, 2.45) is 10.2 Å². The van der Waals surface area contributed by atoms with Crippen LogP contribution in [0, 0.1) is 0 Å². The van der Waals surface area contributed by atoms with E-state index < -0.39 is 21.8 Å². The van der Waals surface area contributed by atoms with Crippen molar-refractivity contribution in [1.82, 2.24) is 0 Å². The third kappa shape index (κ3) is 4.11. The van der Waals surface area contributed by atoms with Crippen molar-refractivity contribution >= 4 is 44.7 Å². The molecule has 2 rings (SSSR count). The van der Waals surface area contributed by atoms with Crippen LogP contribution in [-0.2, 0) is 17.0 Å². The first-order valence-electron chi connectivity index (χ1n) is 6.60. The Bertz CT molecular complexity index is 952. The number of azo groups is 1. The van der Waals surface area contributed by atoms with Crippen molar-refractivity contribution in [3.05, 3.63) is 48.5 Å². The molecule has 2 aromatic carbocycles. The average Bonchev–Trinajstić information content (AvgIpc) is 2.52. The molecule has 0 N–H and O–H groups in total. The zero-order valence-electron chi connectivity index (χ0n) is 12.8. The summed E-state index contributed by atoms with van der Waals surface area (Å²) in [7, 11) is -0.599. The lowest BCUT2D eigenvalue weighted by atomic mass is 10.3. The van der Waals surface area contributed by atoms with E-state index >= 15 is 0 Å². The van der Waals surface area contributed by atoms with Crippen molar-refractivity contribution in [1.29, 1.82) is 0 Å². The van der Waals surface area contributed by atoms with Crippen molar-refractivity contribution in [3.63, 3.8) is 0 Å². The Hall–Kier alpha value is -1.97. The quantitative estimate of drug-likeness (QED) is 0.445. The fourth-order valence-electron chi connectivity index (χ4n) is 1.73. The van der Waals surface area contributed by atoms with E-state index in [9.17, 15) is 16.8 Å². The summed E-state index contributed by atoms with van der Waals surface area (Å²) < 4.78 is 45.4. The van der Waals surface area contributed by atoms with Crippen LogP contribution in [0.2, 0.25) is 0 Å². The Kier molecular flexibility index (Phi) is 5.26. The average molecular weight is 388 g/mol. The lowest BCUT2D eigenvalue weighted by molar-refractivity contribution is 0.589. The summed E-state index contributed by atoms with van der Waals surface area (Å²) in [5.41, 5.74) is 2.02. The minimum atomic E-state index is -4.75. The zero-order chi connectivity index (χ0) is 18.0. The molecule has 0 bridgehead atoms. The third-order valence-electron chi connectivity index (χ3n) is 3.03. The molecule has 0 aliphatic heterocycles. The highest BCUT2D eigenvalue weighted by molar-refractivity contribution is 8.75. The standard InChI is InChI=1S/C14H14ClN3O4S2/c1-18(2)13-7-3-11(4-8-13)16-17-12-5-9-14(10-6-12)23(19,20)24(15,21)22/h3-10H,1-2H3. The summed E-state index contributed by atoms with van der Waals surface area (Å²) in [4.78, 5) is 1.53. The molecule has 0 saturated carbocycles. The molecular weight excluding hydrogens is 374 g/mol. The van der Waals surface area contributed by atoms with Crippen LogP contribution in [0.3, 0.4) is 0 Å². The topological polar surface area (TPSA) is 96.2 Å². The first-order chi connectivity index (χ1) is 11.1. The van der Waals surface area contributed by atoms with Gasteiger partial charge in [0.25, 0.3) is 8.87 Å². The number of hydrogen-bond donors (Lipinski definition) is 0. The number of halogens is 1. The van der Waals surface area contributed by atoms with Gasteiger partial charge in [-0.25, -0.2) is 8.42 Å². The number of benzene rings is 2. The minimum Gasteiger partial charge on any atom is -0.378 e. The highest BCUT2D eigenvalue weighted by Crippen LogP contribution is 2.25. The second-order valence-electron chi connectivity index (χ2n) is 4.95. The van der Waals surface area contributed by atoms with E-state index in [0.717, 1.165) is 17.8 Å². The van der Waals surface area contributed by atoms with Crippen molar-refractivity contribution in [2.75, 3.05) is 19.0 Å². The van der Waals surface area contributed by atoms with Gasteiger partial charge in [0.05, 0.1) is 16.3 Å². The van der Waals surface area contributed by atoms with Gasteiger partial charge in [0.1, 0.15) is 0 Å². The molecule has 2 aromatic rings. The maximum atomic E-state index is 11.7. The molecule has 0 spiro atoms. The van der Waals surface area contributed by atoms with Gasteiger partial charge in [0.15, 0.2) is 0 Å². The van der Waals surface area contributed by atoms with Crippen LogP contribution in [-0.4, -0.2) is 30.9 Å². The van der Waals surface area contributed by atoms with E-state index in [1.807, 2.05) is 31.1 Å². The molecule has 0 atom stereocenters. The van der Waals surface area contributed by atoms with E-state index in [1.165, 1.54) is 12.1 Å². The maximum absolute atomic E-state index is 11.7. The smallest absolute Gasteiger partial charge is 0.342 e. The van der Waals surface area contributed by atoms with E-state index in [2.05, 4.69) is 10.2 Å². The van der Waals surface area contributed by atoms with Gasteiger partial charge in [-0.15, -0.1) is 0 Å². The van der Waals surface area contributed by atoms with E-state index in [-0.39, 0.29) is 0 Å². The second-order valence-corrected chi connectivity index (χ2v) is 11.5. The van der Waals surface area contributed by atoms with Crippen LogP contribution < -0.4 is 4.90 Å². The van der Waals surface area contributed by atoms with Crippen LogP contribution >= 0.6 is 10.7 Å². The molecule has 0 heterocycles. The van der Waals surface area contributed by atoms with Crippen LogP contribution in [0.15, 0.2) is 63.7 Å². The molecular formula is C14H14ClN3O4S2. The summed E-state index contributed by atoms with van der Waals surface area (Å²) >= 11 is 0. The van der Waals surface area contributed by atoms with Gasteiger partial charge in [0.2, 0.25) is 0 Å². The number of rotatable bonds is 5. The van der Waals surface area contributed by atoms with Crippen molar-refractivity contribution < 1.29 is 16.8 Å². The fraction of sp³-hybridized carbons (Fsp3) is 0.143. The third-order valence-corrected chi connectivity index (χ3v) is 8.05. The highest BCUT2D eigenvalue weighted by atomic mass is 35.8. The molecule has 0 fully saturated rings. The molecule has 0 aromatic heterocycles. The van der Waals surface area contributed by atoms with Crippen LogP contribution in [0.25, 0.3) is 0 Å². The molecule has 0 saturated heterocycles. The molecule has 7 nitrogen and oxygen atoms in total. The largest absolute Gasteiger partial charge is 0.378 e. The number of anilines is 1. The maximum Gasteiger partial charge on any atom is 0.342 e. The molecule has 10 heteroatoms. The van der Waals surface area contributed by atoms with Gasteiger partial charge in [-0.3, -0.25) is 0 Å². The Morgan fingerprint density at radius 2 is 1.21 bits per heavy atom. The van der Waals surface area contributed by atoms with E-state index in [0.29, 0.717) is 11.4 Å². The van der Waals surface area contributed by atoms with Crippen LogP contribution in [0.1, 0.15) is 0 Å². The van der Waals surface area contributed by atoms with Gasteiger partial charge in [-0.1, -0.05) is 0 Å². The molecule has 24 heavy (non-hydrogen) atoms. The lowest BCUT2D eigenvalue weighted by Gasteiger charge is -2.11. The molecule has 0 radical (unpaired) electrons. The normalized spacial score (nSPS) is 12.5. The highest BCUT2D eigenvalue weighted by Gasteiger charge is 2.29. The molecule has 0 aliphatic carbocycles. The van der Waals surface area contributed by atoms with Gasteiger partial charge in [-0.2, -0.15) is 18.6 Å². The predicted octanol–water partition coefficient (Wildman–Crippen LogP) is 3.43. The van der Waals surface area contributed by atoms with E-state index in [4.69, 9.17) is 10.7 Å². The summed E-state index contributed by atoms with van der Waals surface area (Å²) in [5, 5.41) is 8.00. The molecule has 0 unspecified atom stereocenters. The Morgan fingerprint density at radius 3 is 1.58 bits per heavy atom. The van der Waals surface area contributed by atoms with Crippen molar-refractivity contribution in [3.8, 4) is 0 Å². The van der Waals surface area contributed by atoms with Gasteiger partial charge < -0.3 is 4.90 Å². The molecule has 0 aliphatic rings. The Balaban J connectivity index is 2.20. The van der Waals surface area contributed by atoms with Gasteiger partial charge >= 0.3 is 8.08 Å². The zero-order valence-corrected chi connectivity index (χ0v) is 15.2. The van der Waals surface area contributed by atoms with Crippen LogP contribution in [0.4, 0.5) is 17.1 Å². The van der Waals surface area contributed by atoms with E-state index in [1.54, 1.807) is 12.1 Å². The fourth-order valence-corrected chi connectivity index (χ4v) is 4.10. The Labute approximate surface area is 144 Å². The number of nitrogens with zero attached hydrogens (tertiary/aromatic N) is 3. The molecule has 0 amide bonds. The SMILES string of the molecule is CN(C)c1ccc(N=Nc2ccc(S(=O)(=O)S(=O)(=O)Cl)cc2)cc1.